The van der Waals surface area contributed by atoms with Gasteiger partial charge in [0.05, 0.1) is 11.4 Å². The van der Waals surface area contributed by atoms with Gasteiger partial charge in [-0.05, 0) is 30.3 Å². The van der Waals surface area contributed by atoms with Crippen LogP contribution in [0.1, 0.15) is 10.5 Å². The molecule has 4 aromatic rings. The van der Waals surface area contributed by atoms with Crippen LogP contribution in [-0.2, 0) is 7.05 Å². The Balaban J connectivity index is 1.99. The summed E-state index contributed by atoms with van der Waals surface area (Å²) in [6, 6.07) is 12.0. The highest BCUT2D eigenvalue weighted by atomic mass is 16.1. The second kappa shape index (κ2) is 6.92. The zero-order chi connectivity index (χ0) is 19.7. The first-order chi connectivity index (χ1) is 13.5. The molecule has 0 atom stereocenters. The van der Waals surface area contributed by atoms with Crippen molar-refractivity contribution in [1.29, 1.82) is 0 Å². The van der Waals surface area contributed by atoms with Gasteiger partial charge in [0.15, 0.2) is 0 Å². The number of H-pyrrole nitrogens is 1. The van der Waals surface area contributed by atoms with Gasteiger partial charge >= 0.3 is 0 Å². The zero-order valence-corrected chi connectivity index (χ0v) is 15.0. The van der Waals surface area contributed by atoms with E-state index in [9.17, 15) is 9.59 Å². The Hall–Kier alpha value is -4.07. The largest absolute Gasteiger partial charge is 0.364 e. The molecule has 8 nitrogen and oxygen atoms in total. The maximum atomic E-state index is 11.8. The van der Waals surface area contributed by atoms with Crippen molar-refractivity contribution in [2.75, 3.05) is 0 Å². The van der Waals surface area contributed by atoms with Crippen LogP contribution in [0.25, 0.3) is 33.8 Å². The lowest BCUT2D eigenvalue weighted by molar-refractivity contribution is 0.0995. The van der Waals surface area contributed by atoms with Crippen molar-refractivity contribution in [2.45, 2.75) is 0 Å². The molecule has 4 aromatic heterocycles. The number of primary amides is 1. The molecule has 28 heavy (non-hydrogen) atoms. The van der Waals surface area contributed by atoms with E-state index in [0.717, 1.165) is 5.56 Å². The fraction of sp³-hybridized carbons (Fsp3) is 0.0500. The highest BCUT2D eigenvalue weighted by Gasteiger charge is 2.19. The fourth-order valence-corrected chi connectivity index (χ4v) is 3.00. The summed E-state index contributed by atoms with van der Waals surface area (Å²) in [6.45, 7) is 0. The molecule has 0 radical (unpaired) electrons. The third-order valence-corrected chi connectivity index (χ3v) is 4.22. The summed E-state index contributed by atoms with van der Waals surface area (Å²) < 4.78 is 1.68. The van der Waals surface area contributed by atoms with Crippen molar-refractivity contribution < 1.29 is 4.79 Å². The molecule has 8 heteroatoms. The third-order valence-electron chi connectivity index (χ3n) is 4.22. The van der Waals surface area contributed by atoms with Crippen molar-refractivity contribution in [3.05, 3.63) is 77.1 Å². The molecular formula is C20H16N6O2. The molecule has 0 bridgehead atoms. The van der Waals surface area contributed by atoms with Crippen LogP contribution in [0.4, 0.5) is 0 Å². The average Bonchev–Trinajstić information content (AvgIpc) is 3.09. The molecule has 0 saturated heterocycles. The van der Waals surface area contributed by atoms with Gasteiger partial charge < -0.3 is 10.7 Å². The van der Waals surface area contributed by atoms with Crippen LogP contribution in [0.15, 0.2) is 65.8 Å². The monoisotopic (exact) mass is 372 g/mol. The molecule has 1 amide bonds. The molecule has 0 aliphatic heterocycles. The standard InChI is InChI=1S/C20H16N6O2/c1-26-11-14(19(25-26)15-4-2-3-8-22-15)13-5-6-16(20(21)28)24-18(13)12-7-9-23-17(27)10-12/h2-11H,1H3,(H2,21,28)(H,23,27). The Morgan fingerprint density at radius 3 is 2.68 bits per heavy atom. The lowest BCUT2D eigenvalue weighted by Crippen LogP contribution is -2.14. The van der Waals surface area contributed by atoms with Crippen molar-refractivity contribution >= 4 is 5.91 Å². The number of aromatic nitrogens is 5. The second-order valence-corrected chi connectivity index (χ2v) is 6.18. The van der Waals surface area contributed by atoms with Crippen LogP contribution in [0, 0.1) is 0 Å². The zero-order valence-electron chi connectivity index (χ0n) is 15.0. The van der Waals surface area contributed by atoms with E-state index in [-0.39, 0.29) is 11.3 Å². The van der Waals surface area contributed by atoms with E-state index < -0.39 is 5.91 Å². The lowest BCUT2D eigenvalue weighted by Gasteiger charge is -2.10. The van der Waals surface area contributed by atoms with Gasteiger partial charge in [0.1, 0.15) is 11.4 Å². The number of pyridine rings is 3. The van der Waals surface area contributed by atoms with Crippen molar-refractivity contribution in [3.63, 3.8) is 0 Å². The van der Waals surface area contributed by atoms with E-state index >= 15 is 0 Å². The predicted octanol–water partition coefficient (Wildman–Crippen LogP) is 2.00. The molecule has 138 valence electrons. The number of hydrogen-bond acceptors (Lipinski definition) is 5. The van der Waals surface area contributed by atoms with Crippen LogP contribution < -0.4 is 11.3 Å². The molecule has 0 spiro atoms. The van der Waals surface area contributed by atoms with E-state index in [2.05, 4.69) is 20.1 Å². The Labute approximate surface area is 159 Å². The van der Waals surface area contributed by atoms with Gasteiger partial charge in [-0.15, -0.1) is 0 Å². The summed E-state index contributed by atoms with van der Waals surface area (Å²) in [6.07, 6.45) is 5.07. The van der Waals surface area contributed by atoms with Crippen molar-refractivity contribution in [3.8, 4) is 33.8 Å². The Kier molecular flexibility index (Phi) is 4.29. The Morgan fingerprint density at radius 1 is 1.11 bits per heavy atom. The first-order valence-corrected chi connectivity index (χ1v) is 8.48. The SMILES string of the molecule is Cn1cc(-c2ccc(C(N)=O)nc2-c2cc[nH]c(=O)c2)c(-c2ccccn2)n1. The van der Waals surface area contributed by atoms with E-state index in [4.69, 9.17) is 5.73 Å². The predicted molar refractivity (Wildman–Crippen MR) is 104 cm³/mol. The normalized spacial score (nSPS) is 10.8. The van der Waals surface area contributed by atoms with Gasteiger partial charge in [0.25, 0.3) is 5.91 Å². The first kappa shape index (κ1) is 17.3. The minimum atomic E-state index is -0.645. The number of hydrogen-bond donors (Lipinski definition) is 2. The minimum absolute atomic E-state index is 0.113. The summed E-state index contributed by atoms with van der Waals surface area (Å²) >= 11 is 0. The quantitative estimate of drug-likeness (QED) is 0.568. The van der Waals surface area contributed by atoms with Gasteiger partial charge in [-0.2, -0.15) is 5.10 Å². The van der Waals surface area contributed by atoms with Crippen LogP contribution >= 0.6 is 0 Å². The maximum absolute atomic E-state index is 11.8. The molecule has 3 N–H and O–H groups in total. The van der Waals surface area contributed by atoms with Gasteiger partial charge in [-0.25, -0.2) is 4.98 Å². The van der Waals surface area contributed by atoms with Gasteiger partial charge in [-0.1, -0.05) is 6.07 Å². The maximum Gasteiger partial charge on any atom is 0.267 e. The smallest absolute Gasteiger partial charge is 0.267 e. The van der Waals surface area contributed by atoms with E-state index in [1.165, 1.54) is 12.3 Å². The Morgan fingerprint density at radius 2 is 1.96 bits per heavy atom. The number of carbonyl (C=O) groups is 1. The number of nitrogens with one attached hydrogen (secondary N) is 1. The number of nitrogens with zero attached hydrogens (tertiary/aromatic N) is 4. The molecule has 0 unspecified atom stereocenters. The topological polar surface area (TPSA) is 120 Å². The van der Waals surface area contributed by atoms with Crippen LogP contribution in [0.3, 0.4) is 0 Å². The molecule has 0 aliphatic carbocycles. The van der Waals surface area contributed by atoms with Gasteiger partial charge in [-0.3, -0.25) is 19.3 Å². The number of amides is 1. The molecule has 0 saturated carbocycles. The lowest BCUT2D eigenvalue weighted by atomic mass is 9.98. The summed E-state index contributed by atoms with van der Waals surface area (Å²) in [5.41, 5.74) is 9.14. The van der Waals surface area contributed by atoms with Crippen molar-refractivity contribution in [1.82, 2.24) is 24.7 Å². The van der Waals surface area contributed by atoms with E-state index in [1.54, 1.807) is 29.1 Å². The highest BCUT2D eigenvalue weighted by Crippen LogP contribution is 2.35. The molecular weight excluding hydrogens is 356 g/mol. The Bertz CT molecular complexity index is 1230. The van der Waals surface area contributed by atoms with Gasteiger partial charge in [0.2, 0.25) is 5.56 Å². The van der Waals surface area contributed by atoms with Crippen LogP contribution in [-0.4, -0.2) is 30.6 Å². The number of rotatable bonds is 4. The summed E-state index contributed by atoms with van der Waals surface area (Å²) in [7, 11) is 1.81. The van der Waals surface area contributed by atoms with E-state index in [1.807, 2.05) is 31.4 Å². The van der Waals surface area contributed by atoms with Crippen LogP contribution in [0.2, 0.25) is 0 Å². The van der Waals surface area contributed by atoms with Crippen LogP contribution in [0.5, 0.6) is 0 Å². The van der Waals surface area contributed by atoms with Gasteiger partial charge in [0, 0.05) is 48.4 Å². The second-order valence-electron chi connectivity index (χ2n) is 6.18. The average molecular weight is 372 g/mol. The number of nitrogens with two attached hydrogens (primary N) is 1. The number of aryl methyl sites for hydroxylation is 1. The number of aromatic amines is 1. The summed E-state index contributed by atoms with van der Waals surface area (Å²) in [5.74, 6) is -0.645. The molecule has 0 aromatic carbocycles. The van der Waals surface area contributed by atoms with Crippen molar-refractivity contribution in [2.24, 2.45) is 12.8 Å². The minimum Gasteiger partial charge on any atom is -0.364 e. The summed E-state index contributed by atoms with van der Waals surface area (Å²) in [5, 5.41) is 4.53. The number of carbonyl (C=O) groups excluding carboxylic acids is 1. The first-order valence-electron chi connectivity index (χ1n) is 8.48. The fourth-order valence-electron chi connectivity index (χ4n) is 3.00. The van der Waals surface area contributed by atoms with E-state index in [0.29, 0.717) is 28.2 Å². The molecule has 0 fully saturated rings. The summed E-state index contributed by atoms with van der Waals surface area (Å²) in [4.78, 5) is 34.9. The molecule has 4 rings (SSSR count). The highest BCUT2D eigenvalue weighted by molar-refractivity contribution is 5.94. The third kappa shape index (κ3) is 3.18. The molecule has 4 heterocycles. The molecule has 0 aliphatic rings.